The molecule has 5 heteroatoms. The summed E-state index contributed by atoms with van der Waals surface area (Å²) < 4.78 is 0. The number of carbonyl (C=O) groups excluding carboxylic acids is 1. The summed E-state index contributed by atoms with van der Waals surface area (Å²) in [4.78, 5) is 21.4. The lowest BCUT2D eigenvalue weighted by molar-refractivity contribution is 0.0741. The molecule has 4 rings (SSSR count). The fourth-order valence-corrected chi connectivity index (χ4v) is 3.60. The second kappa shape index (κ2) is 8.78. The summed E-state index contributed by atoms with van der Waals surface area (Å²) in [6.45, 7) is 5.95. The molecule has 0 bridgehead atoms. The van der Waals surface area contributed by atoms with Gasteiger partial charge in [0.1, 0.15) is 5.69 Å². The third kappa shape index (κ3) is 4.57. The van der Waals surface area contributed by atoms with Gasteiger partial charge in [-0.25, -0.2) is 4.98 Å². The Morgan fingerprint density at radius 3 is 2.34 bits per heavy atom. The Labute approximate surface area is 172 Å². The predicted molar refractivity (Wildman–Crippen MR) is 117 cm³/mol. The quantitative estimate of drug-likeness (QED) is 0.721. The SMILES string of the molecule is Cc1ccccc1CNc1ccc(C(=O)N2CCN(c3ccccc3)CC2)nc1. The maximum absolute atomic E-state index is 12.8. The van der Waals surface area contributed by atoms with Crippen molar-refractivity contribution in [2.24, 2.45) is 0 Å². The van der Waals surface area contributed by atoms with Crippen molar-refractivity contribution < 1.29 is 4.79 Å². The van der Waals surface area contributed by atoms with Crippen LogP contribution in [0.5, 0.6) is 0 Å². The molecule has 0 spiro atoms. The Kier molecular flexibility index (Phi) is 5.75. The fraction of sp³-hybridized carbons (Fsp3) is 0.250. The summed E-state index contributed by atoms with van der Waals surface area (Å²) in [5.41, 5.74) is 5.14. The Hall–Kier alpha value is -3.34. The van der Waals surface area contributed by atoms with Crippen molar-refractivity contribution in [2.45, 2.75) is 13.5 Å². The van der Waals surface area contributed by atoms with E-state index in [1.807, 2.05) is 47.4 Å². The molecule has 0 radical (unpaired) electrons. The van der Waals surface area contributed by atoms with E-state index >= 15 is 0 Å². The highest BCUT2D eigenvalue weighted by atomic mass is 16.2. The molecule has 0 unspecified atom stereocenters. The van der Waals surface area contributed by atoms with Gasteiger partial charge < -0.3 is 15.1 Å². The van der Waals surface area contributed by atoms with Crippen molar-refractivity contribution in [3.8, 4) is 0 Å². The highest BCUT2D eigenvalue weighted by molar-refractivity contribution is 5.92. The number of pyridine rings is 1. The molecule has 1 amide bonds. The Morgan fingerprint density at radius 2 is 1.66 bits per heavy atom. The van der Waals surface area contributed by atoms with Crippen LogP contribution in [-0.2, 0) is 6.54 Å². The van der Waals surface area contributed by atoms with Crippen molar-refractivity contribution in [3.05, 3.63) is 89.7 Å². The normalized spacial score (nSPS) is 14.0. The first-order valence-electron chi connectivity index (χ1n) is 10.0. The van der Waals surface area contributed by atoms with Gasteiger partial charge in [-0.3, -0.25) is 4.79 Å². The van der Waals surface area contributed by atoms with Crippen molar-refractivity contribution >= 4 is 17.3 Å². The Bertz CT molecular complexity index is 948. The van der Waals surface area contributed by atoms with Gasteiger partial charge in [0.25, 0.3) is 5.91 Å². The Morgan fingerprint density at radius 1 is 0.931 bits per heavy atom. The van der Waals surface area contributed by atoms with Crippen LogP contribution < -0.4 is 10.2 Å². The summed E-state index contributed by atoms with van der Waals surface area (Å²) in [7, 11) is 0. The number of nitrogens with one attached hydrogen (secondary N) is 1. The number of hydrogen-bond acceptors (Lipinski definition) is 4. The third-order valence-electron chi connectivity index (χ3n) is 5.42. The van der Waals surface area contributed by atoms with Gasteiger partial charge in [-0.1, -0.05) is 42.5 Å². The topological polar surface area (TPSA) is 48.5 Å². The number of carbonyl (C=O) groups is 1. The van der Waals surface area contributed by atoms with Crippen LogP contribution in [0.2, 0.25) is 0 Å². The largest absolute Gasteiger partial charge is 0.380 e. The minimum atomic E-state index is 0.00293. The average Bonchev–Trinajstić information content (AvgIpc) is 2.79. The van der Waals surface area contributed by atoms with Crippen molar-refractivity contribution in [3.63, 3.8) is 0 Å². The van der Waals surface area contributed by atoms with E-state index in [0.29, 0.717) is 18.8 Å². The van der Waals surface area contributed by atoms with E-state index in [0.717, 1.165) is 25.3 Å². The molecule has 29 heavy (non-hydrogen) atoms. The summed E-state index contributed by atoms with van der Waals surface area (Å²) in [6.07, 6.45) is 1.74. The molecule has 1 fully saturated rings. The molecule has 0 saturated carbocycles. The first-order chi connectivity index (χ1) is 14.2. The number of anilines is 2. The summed E-state index contributed by atoms with van der Waals surface area (Å²) in [5, 5.41) is 3.38. The second-order valence-corrected chi connectivity index (χ2v) is 7.33. The number of piperazine rings is 1. The van der Waals surface area contributed by atoms with Crippen LogP contribution in [0.3, 0.4) is 0 Å². The molecule has 2 aromatic carbocycles. The van der Waals surface area contributed by atoms with E-state index in [1.54, 1.807) is 6.20 Å². The minimum Gasteiger partial charge on any atom is -0.380 e. The molecule has 0 aliphatic carbocycles. The molecule has 1 N–H and O–H groups in total. The second-order valence-electron chi connectivity index (χ2n) is 7.33. The molecule has 1 aromatic heterocycles. The number of aryl methyl sites for hydroxylation is 1. The molecule has 1 aliphatic heterocycles. The van der Waals surface area contributed by atoms with Gasteiger partial charge in [-0.15, -0.1) is 0 Å². The van der Waals surface area contributed by atoms with Gasteiger partial charge in [0.2, 0.25) is 0 Å². The molecule has 1 aliphatic rings. The first kappa shape index (κ1) is 19.0. The van der Waals surface area contributed by atoms with Crippen LogP contribution in [0.1, 0.15) is 21.6 Å². The maximum Gasteiger partial charge on any atom is 0.272 e. The number of aromatic nitrogens is 1. The average molecular weight is 386 g/mol. The van der Waals surface area contributed by atoms with Crippen LogP contribution in [-0.4, -0.2) is 42.0 Å². The lowest BCUT2D eigenvalue weighted by atomic mass is 10.1. The molecule has 2 heterocycles. The van der Waals surface area contributed by atoms with E-state index in [2.05, 4.69) is 46.4 Å². The third-order valence-corrected chi connectivity index (χ3v) is 5.42. The van der Waals surface area contributed by atoms with Crippen molar-refractivity contribution in [2.75, 3.05) is 36.4 Å². The number of amides is 1. The van der Waals surface area contributed by atoms with E-state index in [9.17, 15) is 4.79 Å². The number of nitrogens with zero attached hydrogens (tertiary/aromatic N) is 3. The molecule has 1 saturated heterocycles. The Balaban J connectivity index is 1.32. The standard InChI is InChI=1S/C24H26N4O/c1-19-7-5-6-8-20(19)17-25-21-11-12-23(26-18-21)24(29)28-15-13-27(14-16-28)22-9-3-2-4-10-22/h2-12,18,25H,13-17H2,1H3. The number of para-hydroxylation sites is 1. The highest BCUT2D eigenvalue weighted by Crippen LogP contribution is 2.17. The lowest BCUT2D eigenvalue weighted by Crippen LogP contribution is -2.49. The van der Waals surface area contributed by atoms with Crippen LogP contribution in [0.25, 0.3) is 0 Å². The molecular formula is C24H26N4O. The number of benzene rings is 2. The zero-order valence-corrected chi connectivity index (χ0v) is 16.7. The fourth-order valence-electron chi connectivity index (χ4n) is 3.60. The van der Waals surface area contributed by atoms with Gasteiger partial charge in [0.15, 0.2) is 0 Å². The monoisotopic (exact) mass is 386 g/mol. The zero-order chi connectivity index (χ0) is 20.1. The van der Waals surface area contributed by atoms with Gasteiger partial charge in [0.05, 0.1) is 11.9 Å². The van der Waals surface area contributed by atoms with Crippen LogP contribution in [0, 0.1) is 6.92 Å². The van der Waals surface area contributed by atoms with Crippen molar-refractivity contribution in [1.82, 2.24) is 9.88 Å². The van der Waals surface area contributed by atoms with E-state index < -0.39 is 0 Å². The molecular weight excluding hydrogens is 360 g/mol. The number of rotatable bonds is 5. The zero-order valence-electron chi connectivity index (χ0n) is 16.7. The van der Waals surface area contributed by atoms with Crippen LogP contribution in [0.4, 0.5) is 11.4 Å². The smallest absolute Gasteiger partial charge is 0.272 e. The molecule has 5 nitrogen and oxygen atoms in total. The molecule has 3 aromatic rings. The van der Waals surface area contributed by atoms with Crippen LogP contribution >= 0.6 is 0 Å². The highest BCUT2D eigenvalue weighted by Gasteiger charge is 2.23. The lowest BCUT2D eigenvalue weighted by Gasteiger charge is -2.36. The number of hydrogen-bond donors (Lipinski definition) is 1. The van der Waals surface area contributed by atoms with Gasteiger partial charge >= 0.3 is 0 Å². The first-order valence-corrected chi connectivity index (χ1v) is 10.0. The summed E-state index contributed by atoms with van der Waals surface area (Å²) in [5.74, 6) is 0.00293. The van der Waals surface area contributed by atoms with Crippen LogP contribution in [0.15, 0.2) is 72.9 Å². The van der Waals surface area contributed by atoms with E-state index in [-0.39, 0.29) is 5.91 Å². The van der Waals surface area contributed by atoms with E-state index in [1.165, 1.54) is 16.8 Å². The maximum atomic E-state index is 12.8. The summed E-state index contributed by atoms with van der Waals surface area (Å²) >= 11 is 0. The van der Waals surface area contributed by atoms with Gasteiger partial charge in [-0.05, 0) is 42.3 Å². The van der Waals surface area contributed by atoms with Gasteiger partial charge in [-0.2, -0.15) is 0 Å². The van der Waals surface area contributed by atoms with E-state index in [4.69, 9.17) is 0 Å². The minimum absolute atomic E-state index is 0.00293. The molecule has 148 valence electrons. The van der Waals surface area contributed by atoms with Gasteiger partial charge in [0, 0.05) is 38.4 Å². The summed E-state index contributed by atoms with van der Waals surface area (Å²) in [6, 6.07) is 22.4. The predicted octanol–water partition coefficient (Wildman–Crippen LogP) is 3.96. The van der Waals surface area contributed by atoms with Crippen molar-refractivity contribution in [1.29, 1.82) is 0 Å². The molecule has 0 atom stereocenters.